The lowest BCUT2D eigenvalue weighted by atomic mass is 10.3. The van der Waals surface area contributed by atoms with Gasteiger partial charge in [-0.1, -0.05) is 11.6 Å². The maximum atomic E-state index is 11.6. The number of rotatable bonds is 5. The molecule has 1 amide bonds. The molecule has 0 aromatic heterocycles. The summed E-state index contributed by atoms with van der Waals surface area (Å²) < 4.78 is 11.6. The summed E-state index contributed by atoms with van der Waals surface area (Å²) in [7, 11) is 0. The molecule has 0 rings (SSSR count). The van der Waals surface area contributed by atoms with Crippen LogP contribution in [0.25, 0.3) is 0 Å². The summed E-state index contributed by atoms with van der Waals surface area (Å²) in [6.45, 7) is -0.548. The molecule has 0 bridgehead atoms. The smallest absolute Gasteiger partial charge is 0.224 e. The van der Waals surface area contributed by atoms with Crippen LogP contribution in [0.2, 0.25) is 0 Å². The Morgan fingerprint density at radius 2 is 2.31 bits per heavy atom. The fourth-order valence-corrected chi connectivity index (χ4v) is 0.720. The molecule has 13 heavy (non-hydrogen) atoms. The van der Waals surface area contributed by atoms with Crippen molar-refractivity contribution in [3.8, 4) is 0 Å². The molecule has 0 saturated carbocycles. The maximum absolute atomic E-state index is 11.6. The van der Waals surface area contributed by atoms with Crippen molar-refractivity contribution in [2.24, 2.45) is 5.73 Å². The molecule has 0 fully saturated rings. The number of alkyl halides is 1. The van der Waals surface area contributed by atoms with Gasteiger partial charge in [0.15, 0.2) is 0 Å². The first-order chi connectivity index (χ1) is 6.11. The van der Waals surface area contributed by atoms with Crippen molar-refractivity contribution in [1.82, 2.24) is 5.32 Å². The third kappa shape index (κ3) is 5.19. The lowest BCUT2D eigenvalue weighted by Crippen LogP contribution is -2.26. The van der Waals surface area contributed by atoms with Crippen molar-refractivity contribution in [2.45, 2.75) is 12.8 Å². The summed E-state index contributed by atoms with van der Waals surface area (Å²) in [6.07, 6.45) is 1.22. The van der Waals surface area contributed by atoms with Crippen molar-refractivity contribution in [1.29, 1.82) is 5.41 Å². The summed E-state index contributed by atoms with van der Waals surface area (Å²) in [5.74, 6) is -0.403. The van der Waals surface area contributed by atoms with E-state index in [0.29, 0.717) is 0 Å². The average Bonchev–Trinajstić information content (AvgIpc) is 2.10. The van der Waals surface area contributed by atoms with E-state index in [1.807, 2.05) is 0 Å². The van der Waals surface area contributed by atoms with E-state index in [-0.39, 0.29) is 23.7 Å². The second-order valence-electron chi connectivity index (χ2n) is 2.24. The van der Waals surface area contributed by atoms with Gasteiger partial charge < -0.3 is 11.1 Å². The first-order valence-electron chi connectivity index (χ1n) is 3.64. The number of halogens is 2. The highest BCUT2D eigenvalue weighted by Crippen LogP contribution is 1.97. The van der Waals surface area contributed by atoms with Gasteiger partial charge in [-0.15, -0.1) is 0 Å². The quantitative estimate of drug-likeness (QED) is 0.585. The zero-order valence-electron chi connectivity index (χ0n) is 6.94. The zero-order valence-corrected chi connectivity index (χ0v) is 7.70. The van der Waals surface area contributed by atoms with Gasteiger partial charge >= 0.3 is 0 Å². The first-order valence-corrected chi connectivity index (χ1v) is 4.01. The molecule has 4 nitrogen and oxygen atoms in total. The summed E-state index contributed by atoms with van der Waals surface area (Å²) in [5, 5.41) is 8.87. The van der Waals surface area contributed by atoms with Gasteiger partial charge in [0.1, 0.15) is 5.17 Å². The van der Waals surface area contributed by atoms with Crippen molar-refractivity contribution in [3.63, 3.8) is 0 Å². The van der Waals surface area contributed by atoms with Crippen LogP contribution in [0.4, 0.5) is 4.39 Å². The van der Waals surface area contributed by atoms with E-state index in [0.717, 1.165) is 6.20 Å². The number of nitrogens with two attached hydrogens (primary N) is 1. The van der Waals surface area contributed by atoms with E-state index < -0.39 is 12.6 Å². The summed E-state index contributed by atoms with van der Waals surface area (Å²) in [6, 6.07) is 0. The summed E-state index contributed by atoms with van der Waals surface area (Å²) >= 11 is 5.27. The van der Waals surface area contributed by atoms with Crippen molar-refractivity contribution in [3.05, 3.63) is 11.9 Å². The van der Waals surface area contributed by atoms with Crippen LogP contribution in [0, 0.1) is 5.41 Å². The molecule has 6 heteroatoms. The molecule has 0 spiro atoms. The van der Waals surface area contributed by atoms with Crippen molar-refractivity contribution in [2.75, 3.05) is 6.67 Å². The molecule has 0 saturated heterocycles. The van der Waals surface area contributed by atoms with Crippen molar-refractivity contribution < 1.29 is 9.18 Å². The number of nitrogens with one attached hydrogen (secondary N) is 2. The van der Waals surface area contributed by atoms with E-state index >= 15 is 0 Å². The van der Waals surface area contributed by atoms with Gasteiger partial charge in [0.05, 0.1) is 12.4 Å². The van der Waals surface area contributed by atoms with Gasteiger partial charge in [-0.3, -0.25) is 14.6 Å². The highest BCUT2D eigenvalue weighted by molar-refractivity contribution is 6.68. The molecule has 0 aliphatic rings. The minimum Gasteiger partial charge on any atom is -0.403 e. The predicted octanol–water partition coefficient (Wildman–Crippen LogP) is 0.868. The number of amides is 1. The molecule has 0 atom stereocenters. The highest BCUT2D eigenvalue weighted by Gasteiger charge is 2.06. The lowest BCUT2D eigenvalue weighted by molar-refractivity contribution is -0.120. The predicted molar refractivity (Wildman–Crippen MR) is 49.2 cm³/mol. The minimum atomic E-state index is -0.548. The molecule has 0 aliphatic heterocycles. The minimum absolute atomic E-state index is 0.0329. The van der Waals surface area contributed by atoms with Crippen LogP contribution in [-0.2, 0) is 4.79 Å². The Kier molecular flexibility index (Phi) is 5.88. The highest BCUT2D eigenvalue weighted by atomic mass is 35.5. The Morgan fingerprint density at radius 1 is 1.69 bits per heavy atom. The van der Waals surface area contributed by atoms with E-state index in [1.54, 1.807) is 0 Å². The Balaban J connectivity index is 3.96. The molecule has 74 valence electrons. The third-order valence-corrected chi connectivity index (χ3v) is 1.42. The first kappa shape index (κ1) is 11.9. The van der Waals surface area contributed by atoms with Crippen LogP contribution in [0.5, 0.6) is 0 Å². The Labute approximate surface area is 80.4 Å². The van der Waals surface area contributed by atoms with E-state index in [1.165, 1.54) is 0 Å². The fourth-order valence-electron chi connectivity index (χ4n) is 0.610. The molecular formula is C7H11ClFN3O. The number of hydrogen-bond acceptors (Lipinski definition) is 3. The van der Waals surface area contributed by atoms with Gasteiger partial charge in [-0.2, -0.15) is 0 Å². The molecule has 0 aliphatic carbocycles. The van der Waals surface area contributed by atoms with Gasteiger partial charge in [-0.25, -0.2) is 0 Å². The van der Waals surface area contributed by atoms with Gasteiger partial charge in [0.2, 0.25) is 5.91 Å². The third-order valence-electron chi connectivity index (χ3n) is 1.21. The number of hydrogen-bond donors (Lipinski definition) is 3. The fraction of sp³-hybridized carbons (Fsp3) is 0.429. The van der Waals surface area contributed by atoms with Crippen LogP contribution in [0.1, 0.15) is 12.8 Å². The van der Waals surface area contributed by atoms with Crippen LogP contribution in [-0.4, -0.2) is 17.8 Å². The van der Waals surface area contributed by atoms with Crippen LogP contribution in [0.3, 0.4) is 0 Å². The zero-order chi connectivity index (χ0) is 10.3. The normalized spacial score (nSPS) is 11.1. The van der Waals surface area contributed by atoms with Gasteiger partial charge in [-0.05, 0) is 6.42 Å². The van der Waals surface area contributed by atoms with Gasteiger partial charge in [0, 0.05) is 12.6 Å². The average molecular weight is 208 g/mol. The van der Waals surface area contributed by atoms with E-state index in [2.05, 4.69) is 5.32 Å². The van der Waals surface area contributed by atoms with Crippen LogP contribution in [0.15, 0.2) is 11.9 Å². The Hall–Kier alpha value is -1.10. The number of allylic oxidation sites excluding steroid dienone is 1. The summed E-state index contributed by atoms with van der Waals surface area (Å²) in [5.41, 5.74) is 5.11. The largest absolute Gasteiger partial charge is 0.403 e. The van der Waals surface area contributed by atoms with E-state index in [9.17, 15) is 9.18 Å². The lowest BCUT2D eigenvalue weighted by Gasteiger charge is -2.04. The topological polar surface area (TPSA) is 79.0 Å². The molecule has 0 unspecified atom stereocenters. The van der Waals surface area contributed by atoms with E-state index in [4.69, 9.17) is 22.7 Å². The Morgan fingerprint density at radius 3 is 2.69 bits per heavy atom. The maximum Gasteiger partial charge on any atom is 0.224 e. The molecule has 0 radical (unpaired) electrons. The summed E-state index contributed by atoms with van der Waals surface area (Å²) in [4.78, 5) is 10.9. The SMILES string of the molecule is N=C(Cl)/C(=C\N)NC(=O)CCCF. The second kappa shape index (κ2) is 6.42. The van der Waals surface area contributed by atoms with Gasteiger partial charge in [0.25, 0.3) is 0 Å². The van der Waals surface area contributed by atoms with Crippen LogP contribution >= 0.6 is 11.6 Å². The molecule has 0 aromatic carbocycles. The second-order valence-corrected chi connectivity index (χ2v) is 2.61. The number of carbonyl (C=O) groups is 1. The molecule has 0 aromatic rings. The van der Waals surface area contributed by atoms with Crippen LogP contribution < -0.4 is 11.1 Å². The molecule has 4 N–H and O–H groups in total. The van der Waals surface area contributed by atoms with Crippen molar-refractivity contribution >= 4 is 22.7 Å². The molecule has 0 heterocycles. The monoisotopic (exact) mass is 207 g/mol. The molecular weight excluding hydrogens is 197 g/mol. The Bertz CT molecular complexity index is 230. The number of carbonyl (C=O) groups excluding carboxylic acids is 1. The standard InChI is InChI=1S/C7H11ClFN3O/c8-7(11)5(4-10)12-6(13)2-1-3-9/h4,11H,1-3,10H2,(H,12,13)/b5-4+,11-7?.